The van der Waals surface area contributed by atoms with Crippen molar-refractivity contribution in [3.8, 4) is 0 Å². The number of morpholine rings is 1. The number of carbonyl (C=O) groups is 1. The van der Waals surface area contributed by atoms with Gasteiger partial charge in [-0.1, -0.05) is 78.0 Å². The molecule has 42 heavy (non-hydrogen) atoms. The van der Waals surface area contributed by atoms with Gasteiger partial charge in [0.05, 0.1) is 13.2 Å². The number of thioether (sulfide) groups is 1. The Balaban J connectivity index is 1.07. The van der Waals surface area contributed by atoms with Gasteiger partial charge in [-0.2, -0.15) is 0 Å². The Morgan fingerprint density at radius 3 is 2.57 bits per heavy atom. The molecule has 1 N–H and O–H groups in total. The number of benzene rings is 2. The summed E-state index contributed by atoms with van der Waals surface area (Å²) >= 11 is 7.94. The lowest BCUT2D eigenvalue weighted by Gasteiger charge is -2.35. The van der Waals surface area contributed by atoms with Crippen LogP contribution in [0.2, 0.25) is 5.15 Å². The Labute approximate surface area is 258 Å². The molecular formula is C32H39ClN6O2S. The first-order chi connectivity index (χ1) is 20.6. The molecule has 0 saturated carbocycles. The van der Waals surface area contributed by atoms with Gasteiger partial charge < -0.3 is 15.0 Å². The summed E-state index contributed by atoms with van der Waals surface area (Å²) in [5.41, 5.74) is 2.94. The Morgan fingerprint density at radius 2 is 1.76 bits per heavy atom. The molecule has 8 nitrogen and oxygen atoms in total. The summed E-state index contributed by atoms with van der Waals surface area (Å²) in [6.07, 6.45) is 5.33. The summed E-state index contributed by atoms with van der Waals surface area (Å²) in [5, 5.41) is 4.14. The number of piperazine rings is 1. The van der Waals surface area contributed by atoms with Crippen molar-refractivity contribution in [1.82, 2.24) is 25.1 Å². The molecule has 2 aliphatic heterocycles. The Bertz CT molecular complexity index is 1310. The number of carbonyl (C=O) groups excluding carboxylic acids is 1. The quantitative estimate of drug-likeness (QED) is 0.138. The van der Waals surface area contributed by atoms with Gasteiger partial charge >= 0.3 is 0 Å². The van der Waals surface area contributed by atoms with E-state index in [1.54, 1.807) is 0 Å². The van der Waals surface area contributed by atoms with Gasteiger partial charge in [0.25, 0.3) is 5.91 Å². The van der Waals surface area contributed by atoms with Crippen molar-refractivity contribution in [2.75, 3.05) is 77.0 Å². The summed E-state index contributed by atoms with van der Waals surface area (Å²) in [4.78, 5) is 29.1. The molecule has 2 fully saturated rings. The fourth-order valence-electron chi connectivity index (χ4n) is 5.06. The highest BCUT2D eigenvalue weighted by Gasteiger charge is 2.19. The predicted octanol–water partition coefficient (Wildman–Crippen LogP) is 4.71. The summed E-state index contributed by atoms with van der Waals surface area (Å²) in [7, 11) is 0. The molecule has 3 aromatic rings. The maximum absolute atomic E-state index is 12.7. The lowest BCUT2D eigenvalue weighted by Crippen LogP contribution is -2.46. The highest BCUT2D eigenvalue weighted by atomic mass is 35.5. The number of halogens is 1. The third-order valence-corrected chi connectivity index (χ3v) is 8.54. The molecule has 10 heteroatoms. The van der Waals surface area contributed by atoms with Gasteiger partial charge in [0.1, 0.15) is 11.0 Å². The van der Waals surface area contributed by atoms with Gasteiger partial charge in [0.15, 0.2) is 5.16 Å². The van der Waals surface area contributed by atoms with E-state index < -0.39 is 0 Å². The monoisotopic (exact) mass is 606 g/mol. The molecule has 0 atom stereocenters. The van der Waals surface area contributed by atoms with Crippen molar-refractivity contribution in [2.24, 2.45) is 0 Å². The van der Waals surface area contributed by atoms with E-state index in [4.69, 9.17) is 21.3 Å². The van der Waals surface area contributed by atoms with Crippen molar-refractivity contribution < 1.29 is 9.53 Å². The topological polar surface area (TPSA) is 73.8 Å². The molecule has 0 radical (unpaired) electrons. The van der Waals surface area contributed by atoms with Crippen LogP contribution in [-0.2, 0) is 10.5 Å². The molecule has 222 valence electrons. The summed E-state index contributed by atoms with van der Waals surface area (Å²) in [6.45, 7) is 9.80. The fraction of sp³-hybridized carbons (Fsp3) is 0.406. The van der Waals surface area contributed by atoms with Gasteiger partial charge in [-0.25, -0.2) is 9.97 Å². The van der Waals surface area contributed by atoms with E-state index in [1.165, 1.54) is 17.3 Å². The van der Waals surface area contributed by atoms with Crippen LogP contribution in [0, 0.1) is 0 Å². The average Bonchev–Trinajstić information content (AvgIpc) is 3.03. The van der Waals surface area contributed by atoms with Gasteiger partial charge in [0.2, 0.25) is 0 Å². The van der Waals surface area contributed by atoms with Crippen LogP contribution >= 0.6 is 23.4 Å². The number of hydrogen-bond acceptors (Lipinski definition) is 8. The van der Waals surface area contributed by atoms with Crippen LogP contribution in [0.4, 0.5) is 5.82 Å². The predicted molar refractivity (Wildman–Crippen MR) is 171 cm³/mol. The molecule has 1 amide bonds. The third-order valence-electron chi connectivity index (χ3n) is 7.43. The molecule has 5 rings (SSSR count). The minimum Gasteiger partial charge on any atom is -0.379 e. The van der Waals surface area contributed by atoms with Crippen LogP contribution in [-0.4, -0.2) is 97.8 Å². The van der Waals surface area contributed by atoms with Crippen LogP contribution in [0.3, 0.4) is 0 Å². The second-order valence-corrected chi connectivity index (χ2v) is 11.8. The number of hydrogen-bond donors (Lipinski definition) is 1. The minimum atomic E-state index is -0.0418. The highest BCUT2D eigenvalue weighted by Crippen LogP contribution is 2.25. The fourth-order valence-corrected chi connectivity index (χ4v) is 6.08. The Kier molecular flexibility index (Phi) is 11.7. The van der Waals surface area contributed by atoms with Crippen LogP contribution in [0.5, 0.6) is 0 Å². The third kappa shape index (κ3) is 9.54. The number of nitrogens with zero attached hydrogens (tertiary/aromatic N) is 5. The van der Waals surface area contributed by atoms with Crippen molar-refractivity contribution >= 4 is 41.2 Å². The van der Waals surface area contributed by atoms with E-state index in [0.29, 0.717) is 28.2 Å². The van der Waals surface area contributed by atoms with E-state index in [9.17, 15) is 4.79 Å². The molecule has 0 aliphatic carbocycles. The van der Waals surface area contributed by atoms with Gasteiger partial charge in [-0.05, 0) is 36.2 Å². The van der Waals surface area contributed by atoms with Crippen LogP contribution in [0.1, 0.15) is 27.9 Å². The summed E-state index contributed by atoms with van der Waals surface area (Å²) < 4.78 is 5.39. The standard InChI is InChI=1S/C32H39ClN6O2S/c33-29-24-30(39-17-15-37(16-18-39)13-5-10-26-7-2-1-3-8-26)36-32(35-29)42-25-27-9-4-11-28(23-27)31(40)34-12-6-14-38-19-21-41-22-20-38/h1-5,7-11,23-24H,6,12-22,25H2,(H,34,40)/b10-5+. The first kappa shape index (κ1) is 30.5. The van der Waals surface area contributed by atoms with Crippen molar-refractivity contribution in [3.63, 3.8) is 0 Å². The molecule has 0 bridgehead atoms. The average molecular weight is 607 g/mol. The number of anilines is 1. The van der Waals surface area contributed by atoms with E-state index in [2.05, 4.69) is 61.4 Å². The van der Waals surface area contributed by atoms with Crippen molar-refractivity contribution in [1.29, 1.82) is 0 Å². The number of aromatic nitrogens is 2. The normalized spacial score (nSPS) is 16.6. The van der Waals surface area contributed by atoms with E-state index in [0.717, 1.165) is 83.4 Å². The first-order valence-corrected chi connectivity index (χ1v) is 16.0. The number of rotatable bonds is 12. The van der Waals surface area contributed by atoms with E-state index in [-0.39, 0.29) is 5.91 Å². The zero-order valence-electron chi connectivity index (χ0n) is 24.0. The lowest BCUT2D eigenvalue weighted by molar-refractivity contribution is 0.0374. The molecular weight excluding hydrogens is 568 g/mol. The molecule has 2 saturated heterocycles. The Morgan fingerprint density at radius 1 is 0.952 bits per heavy atom. The first-order valence-electron chi connectivity index (χ1n) is 14.7. The maximum Gasteiger partial charge on any atom is 0.251 e. The second kappa shape index (κ2) is 16.0. The van der Waals surface area contributed by atoms with E-state index in [1.807, 2.05) is 36.4 Å². The van der Waals surface area contributed by atoms with Crippen molar-refractivity contribution in [3.05, 3.63) is 88.6 Å². The Hall–Kier alpha value is -2.95. The zero-order chi connectivity index (χ0) is 29.0. The maximum atomic E-state index is 12.7. The molecule has 2 aliphatic rings. The minimum absolute atomic E-state index is 0.0418. The number of ether oxygens (including phenoxy) is 1. The SMILES string of the molecule is O=C(NCCCN1CCOCC1)c1cccc(CSc2nc(Cl)cc(N3CCN(C/C=C/c4ccccc4)CC3)n2)c1. The molecule has 1 aromatic heterocycles. The number of nitrogens with one attached hydrogen (secondary N) is 1. The summed E-state index contributed by atoms with van der Waals surface area (Å²) in [5.74, 6) is 1.47. The lowest BCUT2D eigenvalue weighted by atomic mass is 10.1. The van der Waals surface area contributed by atoms with Gasteiger partial charge in [0, 0.05) is 69.7 Å². The van der Waals surface area contributed by atoms with Crippen LogP contribution < -0.4 is 10.2 Å². The zero-order valence-corrected chi connectivity index (χ0v) is 25.5. The van der Waals surface area contributed by atoms with E-state index >= 15 is 0 Å². The van der Waals surface area contributed by atoms with Gasteiger partial charge in [-0.15, -0.1) is 0 Å². The number of amides is 1. The molecule has 0 spiro atoms. The summed E-state index contributed by atoms with van der Waals surface area (Å²) in [6, 6.07) is 20.0. The molecule has 2 aromatic carbocycles. The largest absolute Gasteiger partial charge is 0.379 e. The molecule has 0 unspecified atom stereocenters. The highest BCUT2D eigenvalue weighted by molar-refractivity contribution is 7.98. The van der Waals surface area contributed by atoms with Crippen LogP contribution in [0.15, 0.2) is 71.9 Å². The van der Waals surface area contributed by atoms with Gasteiger partial charge in [-0.3, -0.25) is 14.6 Å². The van der Waals surface area contributed by atoms with Crippen LogP contribution in [0.25, 0.3) is 6.08 Å². The van der Waals surface area contributed by atoms with Crippen molar-refractivity contribution in [2.45, 2.75) is 17.3 Å². The molecule has 3 heterocycles. The second-order valence-electron chi connectivity index (χ2n) is 10.5. The smallest absolute Gasteiger partial charge is 0.251 e.